The lowest BCUT2D eigenvalue weighted by molar-refractivity contribution is -0.673. The molecule has 0 spiro atoms. The predicted octanol–water partition coefficient (Wildman–Crippen LogP) is 1.52. The Morgan fingerprint density at radius 1 is 1.13 bits per heavy atom. The van der Waals surface area contributed by atoms with Gasteiger partial charge in [0.15, 0.2) is 0 Å². The fourth-order valence-electron chi connectivity index (χ4n) is 1.95. The Balaban J connectivity index is 2.05. The van der Waals surface area contributed by atoms with Gasteiger partial charge in [-0.15, -0.1) is 0 Å². The SMILES string of the molecule is c1ccc(N2CC[n+]3cccnc32)cc1. The molecular weight excluding hydrogens is 186 g/mol. The van der Waals surface area contributed by atoms with E-state index in [1.165, 1.54) is 5.69 Å². The molecule has 0 saturated heterocycles. The van der Waals surface area contributed by atoms with Crippen LogP contribution in [-0.2, 0) is 6.54 Å². The fraction of sp³-hybridized carbons (Fsp3) is 0.167. The Labute approximate surface area is 88.6 Å². The van der Waals surface area contributed by atoms with E-state index in [0.717, 1.165) is 19.0 Å². The van der Waals surface area contributed by atoms with Crippen molar-refractivity contribution in [3.63, 3.8) is 0 Å². The van der Waals surface area contributed by atoms with Gasteiger partial charge in [-0.05, 0) is 12.1 Å². The van der Waals surface area contributed by atoms with Crippen LogP contribution in [0.4, 0.5) is 11.6 Å². The van der Waals surface area contributed by atoms with Crippen LogP contribution in [0.5, 0.6) is 0 Å². The van der Waals surface area contributed by atoms with Crippen molar-refractivity contribution in [2.24, 2.45) is 0 Å². The molecule has 0 saturated carbocycles. The molecule has 15 heavy (non-hydrogen) atoms. The first-order valence-electron chi connectivity index (χ1n) is 5.12. The molecule has 1 aromatic heterocycles. The Morgan fingerprint density at radius 2 is 2.00 bits per heavy atom. The molecule has 1 aliphatic heterocycles. The summed E-state index contributed by atoms with van der Waals surface area (Å²) in [4.78, 5) is 6.64. The van der Waals surface area contributed by atoms with Crippen molar-refractivity contribution in [3.05, 3.63) is 48.8 Å². The molecule has 0 fully saturated rings. The molecule has 0 unspecified atom stereocenters. The van der Waals surface area contributed by atoms with Gasteiger partial charge in [0, 0.05) is 6.07 Å². The zero-order chi connectivity index (χ0) is 10.1. The minimum Gasteiger partial charge on any atom is -0.232 e. The summed E-state index contributed by atoms with van der Waals surface area (Å²) in [5.74, 6) is 1.03. The van der Waals surface area contributed by atoms with Crippen molar-refractivity contribution < 1.29 is 4.57 Å². The summed E-state index contributed by atoms with van der Waals surface area (Å²) in [5.41, 5.74) is 1.21. The van der Waals surface area contributed by atoms with Gasteiger partial charge in [0.2, 0.25) is 0 Å². The summed E-state index contributed by atoms with van der Waals surface area (Å²) >= 11 is 0. The monoisotopic (exact) mass is 198 g/mol. The van der Waals surface area contributed by atoms with Gasteiger partial charge in [0.25, 0.3) is 0 Å². The summed E-state index contributed by atoms with van der Waals surface area (Å²) in [6, 6.07) is 12.3. The summed E-state index contributed by atoms with van der Waals surface area (Å²) in [6.45, 7) is 2.01. The van der Waals surface area contributed by atoms with Crippen LogP contribution in [0.15, 0.2) is 48.8 Å². The number of rotatable bonds is 1. The maximum atomic E-state index is 4.41. The highest BCUT2D eigenvalue weighted by Gasteiger charge is 2.28. The zero-order valence-corrected chi connectivity index (χ0v) is 8.37. The highest BCUT2D eigenvalue weighted by atomic mass is 15.3. The molecule has 3 rings (SSSR count). The average Bonchev–Trinajstić information content (AvgIpc) is 2.74. The normalized spacial score (nSPS) is 14.0. The fourth-order valence-corrected chi connectivity index (χ4v) is 1.95. The van der Waals surface area contributed by atoms with Gasteiger partial charge in [-0.3, -0.25) is 0 Å². The van der Waals surface area contributed by atoms with E-state index in [4.69, 9.17) is 0 Å². The summed E-state index contributed by atoms with van der Waals surface area (Å²) in [6.07, 6.45) is 3.92. The van der Waals surface area contributed by atoms with Crippen LogP contribution < -0.4 is 9.47 Å². The van der Waals surface area contributed by atoms with Crippen LogP contribution >= 0.6 is 0 Å². The van der Waals surface area contributed by atoms with Crippen LogP contribution in [-0.4, -0.2) is 11.5 Å². The average molecular weight is 198 g/mol. The van der Waals surface area contributed by atoms with E-state index < -0.39 is 0 Å². The topological polar surface area (TPSA) is 20.0 Å². The van der Waals surface area contributed by atoms with Gasteiger partial charge >= 0.3 is 5.95 Å². The smallest absolute Gasteiger partial charge is 0.232 e. The van der Waals surface area contributed by atoms with E-state index in [2.05, 4.69) is 44.9 Å². The van der Waals surface area contributed by atoms with Gasteiger partial charge in [-0.2, -0.15) is 0 Å². The molecule has 0 bridgehead atoms. The second-order valence-corrected chi connectivity index (χ2v) is 3.60. The molecule has 0 radical (unpaired) electrons. The van der Waals surface area contributed by atoms with Crippen molar-refractivity contribution in [2.75, 3.05) is 11.4 Å². The second kappa shape index (κ2) is 3.35. The van der Waals surface area contributed by atoms with Gasteiger partial charge in [-0.25, -0.2) is 9.47 Å². The van der Waals surface area contributed by atoms with E-state index in [1.807, 2.05) is 18.3 Å². The molecule has 3 heteroatoms. The number of benzene rings is 1. The number of hydrogen-bond donors (Lipinski definition) is 0. The molecule has 1 aliphatic rings. The summed E-state index contributed by atoms with van der Waals surface area (Å²) < 4.78 is 2.17. The molecule has 2 aromatic rings. The van der Waals surface area contributed by atoms with Crippen LogP contribution in [0, 0.1) is 0 Å². The summed E-state index contributed by atoms with van der Waals surface area (Å²) in [7, 11) is 0. The lowest BCUT2D eigenvalue weighted by Gasteiger charge is -2.08. The third-order valence-electron chi connectivity index (χ3n) is 2.67. The third-order valence-corrected chi connectivity index (χ3v) is 2.67. The molecule has 3 nitrogen and oxygen atoms in total. The largest absolute Gasteiger partial charge is 0.399 e. The minimum absolute atomic E-state index is 1.00. The maximum Gasteiger partial charge on any atom is 0.399 e. The number of para-hydroxylation sites is 1. The van der Waals surface area contributed by atoms with E-state index in [-0.39, 0.29) is 0 Å². The molecule has 0 atom stereocenters. The Kier molecular flexibility index (Phi) is 1.88. The van der Waals surface area contributed by atoms with Gasteiger partial charge < -0.3 is 0 Å². The molecule has 0 amide bonds. The molecular formula is C12H12N3+. The first-order valence-corrected chi connectivity index (χ1v) is 5.12. The molecule has 2 heterocycles. The van der Waals surface area contributed by atoms with E-state index in [1.54, 1.807) is 0 Å². The van der Waals surface area contributed by atoms with Crippen LogP contribution in [0.2, 0.25) is 0 Å². The standard InChI is InChI=1S/C12H12N3/c1-2-5-11(6-3-1)15-10-9-14-8-4-7-13-12(14)15/h1-8H,9-10H2/q+1. The third kappa shape index (κ3) is 1.36. The highest BCUT2D eigenvalue weighted by molar-refractivity contribution is 5.55. The minimum atomic E-state index is 1.00. The quantitative estimate of drug-likeness (QED) is 0.647. The number of hydrogen-bond acceptors (Lipinski definition) is 2. The lowest BCUT2D eigenvalue weighted by atomic mass is 10.3. The lowest BCUT2D eigenvalue weighted by Crippen LogP contribution is -2.30. The molecule has 1 aromatic carbocycles. The Hall–Kier alpha value is -1.90. The predicted molar refractivity (Wildman–Crippen MR) is 57.9 cm³/mol. The number of anilines is 2. The van der Waals surface area contributed by atoms with Gasteiger partial charge in [-0.1, -0.05) is 23.2 Å². The van der Waals surface area contributed by atoms with E-state index in [0.29, 0.717) is 0 Å². The van der Waals surface area contributed by atoms with Crippen molar-refractivity contribution >= 4 is 11.6 Å². The first kappa shape index (κ1) is 8.41. The van der Waals surface area contributed by atoms with E-state index in [9.17, 15) is 0 Å². The van der Waals surface area contributed by atoms with Crippen molar-refractivity contribution in [2.45, 2.75) is 6.54 Å². The Morgan fingerprint density at radius 3 is 2.87 bits per heavy atom. The van der Waals surface area contributed by atoms with Crippen molar-refractivity contribution in [3.8, 4) is 0 Å². The van der Waals surface area contributed by atoms with Crippen LogP contribution in [0.3, 0.4) is 0 Å². The molecule has 74 valence electrons. The van der Waals surface area contributed by atoms with Gasteiger partial charge in [0.1, 0.15) is 25.0 Å². The van der Waals surface area contributed by atoms with Crippen LogP contribution in [0.1, 0.15) is 0 Å². The number of fused-ring (bicyclic) bond motifs is 1. The number of nitrogens with zero attached hydrogens (tertiary/aromatic N) is 3. The molecule has 0 aliphatic carbocycles. The number of aromatic nitrogens is 2. The molecule has 0 N–H and O–H groups in total. The van der Waals surface area contributed by atoms with Gasteiger partial charge in [0.05, 0.1) is 6.20 Å². The zero-order valence-electron chi connectivity index (χ0n) is 8.37. The Bertz CT molecular complexity index is 467. The summed E-state index contributed by atoms with van der Waals surface area (Å²) in [5, 5.41) is 0. The highest BCUT2D eigenvalue weighted by Crippen LogP contribution is 2.22. The maximum absolute atomic E-state index is 4.41. The second-order valence-electron chi connectivity index (χ2n) is 3.60. The van der Waals surface area contributed by atoms with Crippen molar-refractivity contribution in [1.29, 1.82) is 0 Å². The van der Waals surface area contributed by atoms with Crippen LogP contribution in [0.25, 0.3) is 0 Å². The first-order chi connectivity index (χ1) is 7.45. The van der Waals surface area contributed by atoms with E-state index >= 15 is 0 Å². The van der Waals surface area contributed by atoms with Crippen molar-refractivity contribution in [1.82, 2.24) is 4.98 Å².